The molecule has 1 aliphatic heterocycles. The van der Waals surface area contributed by atoms with Gasteiger partial charge in [-0.15, -0.1) is 6.58 Å². The average molecular weight is 231 g/mol. The van der Waals surface area contributed by atoms with E-state index in [-0.39, 0.29) is 0 Å². The van der Waals surface area contributed by atoms with Gasteiger partial charge >= 0.3 is 0 Å². The summed E-state index contributed by atoms with van der Waals surface area (Å²) in [6, 6.07) is 7.01. The third kappa shape index (κ3) is 2.89. The highest BCUT2D eigenvalue weighted by Gasteiger charge is 2.15. The van der Waals surface area contributed by atoms with Gasteiger partial charge in [-0.05, 0) is 36.6 Å². The summed E-state index contributed by atoms with van der Waals surface area (Å²) in [5, 5.41) is 3.54. The molecular weight excluding hydrogens is 210 g/mol. The number of rotatable bonds is 6. The molecule has 0 aliphatic carbocycles. The van der Waals surface area contributed by atoms with Crippen molar-refractivity contribution < 1.29 is 4.74 Å². The number of ether oxygens (including phenoxy) is 1. The van der Waals surface area contributed by atoms with Crippen LogP contribution in [0.15, 0.2) is 30.9 Å². The number of benzene rings is 1. The minimum absolute atomic E-state index is 0.434. The molecule has 1 N–H and O–H groups in total. The van der Waals surface area contributed by atoms with E-state index in [1.807, 2.05) is 6.08 Å². The van der Waals surface area contributed by atoms with Gasteiger partial charge in [-0.2, -0.15) is 0 Å². The molecule has 0 amide bonds. The number of allylic oxidation sites excluding steroid dienone is 1. The summed E-state index contributed by atoms with van der Waals surface area (Å²) in [6.07, 6.45) is 5.19. The Labute approximate surface area is 104 Å². The SMILES string of the molecule is C=CCCC(NCC)c1ccc2c(c1)CCO2. The van der Waals surface area contributed by atoms with Crippen LogP contribution in [0.4, 0.5) is 0 Å². The van der Waals surface area contributed by atoms with Gasteiger partial charge in [-0.25, -0.2) is 0 Å². The molecule has 2 heteroatoms. The molecule has 0 radical (unpaired) electrons. The van der Waals surface area contributed by atoms with E-state index in [4.69, 9.17) is 4.74 Å². The minimum atomic E-state index is 0.434. The molecule has 0 saturated heterocycles. The Morgan fingerprint density at radius 1 is 1.53 bits per heavy atom. The molecule has 0 fully saturated rings. The van der Waals surface area contributed by atoms with Crippen LogP contribution < -0.4 is 10.1 Å². The topological polar surface area (TPSA) is 21.3 Å². The van der Waals surface area contributed by atoms with Crippen LogP contribution in [0, 0.1) is 0 Å². The van der Waals surface area contributed by atoms with Gasteiger partial charge in [0.15, 0.2) is 0 Å². The maximum Gasteiger partial charge on any atom is 0.122 e. The van der Waals surface area contributed by atoms with E-state index in [0.717, 1.165) is 38.2 Å². The lowest BCUT2D eigenvalue weighted by molar-refractivity contribution is 0.356. The second-order valence-electron chi connectivity index (χ2n) is 4.44. The van der Waals surface area contributed by atoms with Crippen LogP contribution in [0.25, 0.3) is 0 Å². The number of hydrogen-bond donors (Lipinski definition) is 1. The first kappa shape index (κ1) is 12.2. The fourth-order valence-corrected chi connectivity index (χ4v) is 2.34. The molecule has 1 heterocycles. The van der Waals surface area contributed by atoms with E-state index in [0.29, 0.717) is 6.04 Å². The predicted molar refractivity (Wildman–Crippen MR) is 71.5 cm³/mol. The maximum absolute atomic E-state index is 5.54. The average Bonchev–Trinajstić information content (AvgIpc) is 2.81. The van der Waals surface area contributed by atoms with Crippen LogP contribution in [0.5, 0.6) is 5.75 Å². The number of fused-ring (bicyclic) bond motifs is 1. The Morgan fingerprint density at radius 3 is 3.18 bits per heavy atom. The molecule has 1 aromatic carbocycles. The first-order chi connectivity index (χ1) is 8.35. The van der Waals surface area contributed by atoms with Gasteiger partial charge < -0.3 is 10.1 Å². The lowest BCUT2D eigenvalue weighted by Gasteiger charge is -2.18. The van der Waals surface area contributed by atoms with Gasteiger partial charge in [0.2, 0.25) is 0 Å². The molecule has 1 unspecified atom stereocenters. The monoisotopic (exact) mass is 231 g/mol. The maximum atomic E-state index is 5.54. The van der Waals surface area contributed by atoms with Crippen LogP contribution in [0.2, 0.25) is 0 Å². The quantitative estimate of drug-likeness (QED) is 0.759. The third-order valence-electron chi connectivity index (χ3n) is 3.23. The third-order valence-corrected chi connectivity index (χ3v) is 3.23. The summed E-state index contributed by atoms with van der Waals surface area (Å²) in [7, 11) is 0. The minimum Gasteiger partial charge on any atom is -0.493 e. The van der Waals surface area contributed by atoms with Crippen molar-refractivity contribution in [1.29, 1.82) is 0 Å². The zero-order valence-electron chi connectivity index (χ0n) is 10.5. The molecule has 1 atom stereocenters. The van der Waals surface area contributed by atoms with Crippen LogP contribution in [-0.2, 0) is 6.42 Å². The first-order valence-electron chi connectivity index (χ1n) is 6.45. The second kappa shape index (κ2) is 5.87. The molecular formula is C15H21NO. The number of hydrogen-bond acceptors (Lipinski definition) is 2. The molecule has 0 spiro atoms. The Kier molecular flexibility index (Phi) is 4.21. The van der Waals surface area contributed by atoms with Crippen molar-refractivity contribution in [3.63, 3.8) is 0 Å². The second-order valence-corrected chi connectivity index (χ2v) is 4.44. The highest BCUT2D eigenvalue weighted by Crippen LogP contribution is 2.29. The zero-order valence-corrected chi connectivity index (χ0v) is 10.5. The molecule has 2 rings (SSSR count). The fraction of sp³-hybridized carbons (Fsp3) is 0.467. The van der Waals surface area contributed by atoms with Crippen molar-refractivity contribution in [1.82, 2.24) is 5.32 Å². The van der Waals surface area contributed by atoms with E-state index in [9.17, 15) is 0 Å². The van der Waals surface area contributed by atoms with Crippen molar-refractivity contribution in [2.75, 3.05) is 13.2 Å². The molecule has 92 valence electrons. The van der Waals surface area contributed by atoms with E-state index in [1.54, 1.807) is 0 Å². The van der Waals surface area contributed by atoms with Crippen molar-refractivity contribution in [2.24, 2.45) is 0 Å². The van der Waals surface area contributed by atoms with E-state index < -0.39 is 0 Å². The normalized spacial score (nSPS) is 15.1. The first-order valence-corrected chi connectivity index (χ1v) is 6.45. The largest absolute Gasteiger partial charge is 0.493 e. The van der Waals surface area contributed by atoms with Crippen LogP contribution >= 0.6 is 0 Å². The summed E-state index contributed by atoms with van der Waals surface area (Å²) in [5.41, 5.74) is 2.72. The smallest absolute Gasteiger partial charge is 0.122 e. The number of nitrogens with one attached hydrogen (secondary N) is 1. The highest BCUT2D eigenvalue weighted by atomic mass is 16.5. The summed E-state index contributed by atoms with van der Waals surface area (Å²) < 4.78 is 5.54. The fourth-order valence-electron chi connectivity index (χ4n) is 2.34. The molecule has 0 saturated carbocycles. The van der Waals surface area contributed by atoms with Gasteiger partial charge in [0, 0.05) is 12.5 Å². The Hall–Kier alpha value is -1.28. The molecule has 1 aromatic rings. The van der Waals surface area contributed by atoms with Gasteiger partial charge in [0.05, 0.1) is 6.61 Å². The summed E-state index contributed by atoms with van der Waals surface area (Å²) in [5.74, 6) is 1.06. The Morgan fingerprint density at radius 2 is 2.41 bits per heavy atom. The summed E-state index contributed by atoms with van der Waals surface area (Å²) in [4.78, 5) is 0. The van der Waals surface area contributed by atoms with E-state index in [2.05, 4.69) is 37.0 Å². The van der Waals surface area contributed by atoms with Crippen LogP contribution in [0.3, 0.4) is 0 Å². The lowest BCUT2D eigenvalue weighted by atomic mass is 9.99. The van der Waals surface area contributed by atoms with Crippen molar-refractivity contribution in [3.8, 4) is 5.75 Å². The van der Waals surface area contributed by atoms with E-state index in [1.165, 1.54) is 11.1 Å². The zero-order chi connectivity index (χ0) is 12.1. The Bertz CT molecular complexity index is 387. The van der Waals surface area contributed by atoms with Crippen molar-refractivity contribution in [3.05, 3.63) is 42.0 Å². The van der Waals surface area contributed by atoms with Gasteiger partial charge in [0.1, 0.15) is 5.75 Å². The van der Waals surface area contributed by atoms with Crippen molar-refractivity contribution in [2.45, 2.75) is 32.2 Å². The summed E-state index contributed by atoms with van der Waals surface area (Å²) >= 11 is 0. The lowest BCUT2D eigenvalue weighted by Crippen LogP contribution is -2.20. The van der Waals surface area contributed by atoms with Gasteiger partial charge in [-0.1, -0.05) is 25.1 Å². The van der Waals surface area contributed by atoms with Crippen LogP contribution in [-0.4, -0.2) is 13.2 Å². The predicted octanol–water partition coefficient (Wildman–Crippen LogP) is 3.24. The summed E-state index contributed by atoms with van der Waals surface area (Å²) in [6.45, 7) is 7.77. The van der Waals surface area contributed by atoms with Gasteiger partial charge in [-0.3, -0.25) is 0 Å². The molecule has 1 aliphatic rings. The highest BCUT2D eigenvalue weighted by molar-refractivity contribution is 5.40. The van der Waals surface area contributed by atoms with Crippen LogP contribution in [0.1, 0.15) is 36.9 Å². The van der Waals surface area contributed by atoms with Crippen molar-refractivity contribution >= 4 is 0 Å². The molecule has 0 aromatic heterocycles. The Balaban J connectivity index is 2.14. The molecule has 2 nitrogen and oxygen atoms in total. The standard InChI is InChI=1S/C15H21NO/c1-3-5-6-14(16-4-2)12-7-8-15-13(11-12)9-10-17-15/h3,7-8,11,14,16H,1,4-6,9-10H2,2H3. The molecule has 17 heavy (non-hydrogen) atoms. The van der Waals surface area contributed by atoms with Gasteiger partial charge in [0.25, 0.3) is 0 Å². The molecule has 0 bridgehead atoms. The van der Waals surface area contributed by atoms with E-state index >= 15 is 0 Å².